The lowest BCUT2D eigenvalue weighted by atomic mass is 9.88. The fourth-order valence-corrected chi connectivity index (χ4v) is 3.76. The predicted octanol–water partition coefficient (Wildman–Crippen LogP) is 1.29. The van der Waals surface area contributed by atoms with Crippen molar-refractivity contribution in [2.75, 3.05) is 13.7 Å². The van der Waals surface area contributed by atoms with E-state index in [0.29, 0.717) is 19.1 Å². The first-order chi connectivity index (χ1) is 8.83. The highest BCUT2D eigenvalue weighted by molar-refractivity contribution is 5.10. The third kappa shape index (κ3) is 1.95. The van der Waals surface area contributed by atoms with Crippen molar-refractivity contribution in [2.45, 2.75) is 44.7 Å². The predicted molar refractivity (Wildman–Crippen MR) is 68.0 cm³/mol. The Hall–Kier alpha value is -0.940. The van der Waals surface area contributed by atoms with Crippen molar-refractivity contribution in [3.05, 3.63) is 11.6 Å². The van der Waals surface area contributed by atoms with Crippen LogP contribution in [0.2, 0.25) is 0 Å². The second-order valence-corrected chi connectivity index (χ2v) is 5.60. The molecule has 3 atom stereocenters. The molecule has 0 amide bonds. The molecule has 100 valence electrons. The van der Waals surface area contributed by atoms with Crippen LogP contribution >= 0.6 is 0 Å². The highest BCUT2D eigenvalue weighted by atomic mass is 16.5. The maximum Gasteiger partial charge on any atom is 0.146 e. The van der Waals surface area contributed by atoms with Gasteiger partial charge in [-0.3, -0.25) is 0 Å². The molecule has 0 aromatic carbocycles. The maximum absolute atomic E-state index is 5.75. The van der Waals surface area contributed by atoms with Gasteiger partial charge in [-0.05, 0) is 31.1 Å². The normalized spacial score (nSPS) is 30.2. The summed E-state index contributed by atoms with van der Waals surface area (Å²) >= 11 is 0. The van der Waals surface area contributed by atoms with E-state index < -0.39 is 0 Å². The Morgan fingerprint density at radius 2 is 2.22 bits per heavy atom. The molecule has 1 aromatic heterocycles. The standard InChI is InChI=1S/C13H22N4O/c1-18-5-4-17-12(8-14)15-16-13(17)11-7-9-2-3-10(11)6-9/h9-11H,2-8,14H2,1H3. The van der Waals surface area contributed by atoms with E-state index in [4.69, 9.17) is 10.5 Å². The van der Waals surface area contributed by atoms with E-state index in [0.717, 1.165) is 30.0 Å². The first kappa shape index (κ1) is 12.1. The van der Waals surface area contributed by atoms with Gasteiger partial charge in [-0.2, -0.15) is 0 Å². The van der Waals surface area contributed by atoms with Crippen molar-refractivity contribution >= 4 is 0 Å². The molecule has 0 aliphatic heterocycles. The first-order valence-corrected chi connectivity index (χ1v) is 6.94. The molecule has 18 heavy (non-hydrogen) atoms. The number of methoxy groups -OCH3 is 1. The third-order valence-corrected chi connectivity index (χ3v) is 4.63. The number of fused-ring (bicyclic) bond motifs is 2. The minimum Gasteiger partial charge on any atom is -0.383 e. The molecule has 5 nitrogen and oxygen atoms in total. The van der Waals surface area contributed by atoms with Crippen LogP contribution < -0.4 is 5.73 Å². The Bertz CT molecular complexity index is 417. The van der Waals surface area contributed by atoms with Gasteiger partial charge in [0.05, 0.1) is 13.2 Å². The minimum absolute atomic E-state index is 0.456. The van der Waals surface area contributed by atoms with Gasteiger partial charge in [-0.15, -0.1) is 10.2 Å². The molecule has 2 bridgehead atoms. The van der Waals surface area contributed by atoms with Crippen LogP contribution in [0.1, 0.15) is 43.3 Å². The van der Waals surface area contributed by atoms with E-state index in [2.05, 4.69) is 14.8 Å². The molecule has 5 heteroatoms. The van der Waals surface area contributed by atoms with Crippen molar-refractivity contribution < 1.29 is 4.74 Å². The zero-order chi connectivity index (χ0) is 12.5. The van der Waals surface area contributed by atoms with Crippen LogP contribution in [0.15, 0.2) is 0 Å². The van der Waals surface area contributed by atoms with Crippen LogP contribution in [0, 0.1) is 11.8 Å². The molecule has 0 spiro atoms. The Balaban J connectivity index is 1.84. The molecule has 3 rings (SSSR count). The summed E-state index contributed by atoms with van der Waals surface area (Å²) in [5.74, 6) is 4.40. The Labute approximate surface area is 108 Å². The number of rotatable bonds is 5. The SMILES string of the molecule is COCCn1c(CN)nnc1C1CC2CCC1C2. The van der Waals surface area contributed by atoms with Crippen LogP contribution in [0.25, 0.3) is 0 Å². The summed E-state index contributed by atoms with van der Waals surface area (Å²) in [6, 6.07) is 0. The van der Waals surface area contributed by atoms with Gasteiger partial charge < -0.3 is 15.0 Å². The lowest BCUT2D eigenvalue weighted by Gasteiger charge is -2.22. The van der Waals surface area contributed by atoms with Gasteiger partial charge in [0.1, 0.15) is 11.6 Å². The molecule has 1 heterocycles. The van der Waals surface area contributed by atoms with Crippen LogP contribution in [0.5, 0.6) is 0 Å². The van der Waals surface area contributed by atoms with Gasteiger partial charge in [0.2, 0.25) is 0 Å². The van der Waals surface area contributed by atoms with Crippen LogP contribution in [0.4, 0.5) is 0 Å². The average Bonchev–Trinajstić information content (AvgIpc) is 3.09. The highest BCUT2D eigenvalue weighted by Gasteiger charge is 2.42. The molecule has 0 saturated heterocycles. The van der Waals surface area contributed by atoms with Gasteiger partial charge in [-0.1, -0.05) is 6.42 Å². The molecule has 2 aliphatic carbocycles. The molecule has 2 fully saturated rings. The third-order valence-electron chi connectivity index (χ3n) is 4.63. The molecule has 2 N–H and O–H groups in total. The van der Waals surface area contributed by atoms with Crippen LogP contribution in [-0.4, -0.2) is 28.5 Å². The number of ether oxygens (including phenoxy) is 1. The van der Waals surface area contributed by atoms with Crippen molar-refractivity contribution in [3.8, 4) is 0 Å². The van der Waals surface area contributed by atoms with Gasteiger partial charge in [0, 0.05) is 19.6 Å². The molecular weight excluding hydrogens is 228 g/mol. The van der Waals surface area contributed by atoms with Gasteiger partial charge in [0.25, 0.3) is 0 Å². The van der Waals surface area contributed by atoms with Gasteiger partial charge in [0.15, 0.2) is 0 Å². The average molecular weight is 250 g/mol. The van der Waals surface area contributed by atoms with Crippen molar-refractivity contribution in [2.24, 2.45) is 17.6 Å². The lowest BCUT2D eigenvalue weighted by Crippen LogP contribution is -2.19. The van der Waals surface area contributed by atoms with E-state index in [1.54, 1.807) is 7.11 Å². The summed E-state index contributed by atoms with van der Waals surface area (Å²) in [4.78, 5) is 0. The first-order valence-electron chi connectivity index (χ1n) is 6.94. The quantitative estimate of drug-likeness (QED) is 0.855. The van der Waals surface area contributed by atoms with E-state index in [1.165, 1.54) is 25.7 Å². The van der Waals surface area contributed by atoms with Crippen molar-refractivity contribution in [3.63, 3.8) is 0 Å². The molecule has 2 saturated carbocycles. The Kier molecular flexibility index (Phi) is 3.35. The van der Waals surface area contributed by atoms with E-state index in [1.807, 2.05) is 0 Å². The van der Waals surface area contributed by atoms with Gasteiger partial charge in [-0.25, -0.2) is 0 Å². The van der Waals surface area contributed by atoms with E-state index >= 15 is 0 Å². The number of nitrogens with zero attached hydrogens (tertiary/aromatic N) is 3. The fourth-order valence-electron chi connectivity index (χ4n) is 3.76. The molecule has 3 unspecified atom stereocenters. The van der Waals surface area contributed by atoms with Crippen molar-refractivity contribution in [1.82, 2.24) is 14.8 Å². The monoisotopic (exact) mass is 250 g/mol. The topological polar surface area (TPSA) is 66.0 Å². The summed E-state index contributed by atoms with van der Waals surface area (Å²) in [5, 5.41) is 8.67. The number of nitrogens with two attached hydrogens (primary N) is 1. The maximum atomic E-state index is 5.75. The van der Waals surface area contributed by atoms with Crippen molar-refractivity contribution in [1.29, 1.82) is 0 Å². The zero-order valence-electron chi connectivity index (χ0n) is 11.0. The van der Waals surface area contributed by atoms with E-state index in [-0.39, 0.29) is 0 Å². The second kappa shape index (κ2) is 4.97. The molecule has 0 radical (unpaired) electrons. The molecule has 1 aromatic rings. The largest absolute Gasteiger partial charge is 0.383 e. The summed E-state index contributed by atoms with van der Waals surface area (Å²) in [5.41, 5.74) is 5.75. The number of hydrogen-bond donors (Lipinski definition) is 1. The molecular formula is C13H22N4O. The smallest absolute Gasteiger partial charge is 0.146 e. The fraction of sp³-hybridized carbons (Fsp3) is 0.846. The summed E-state index contributed by atoms with van der Waals surface area (Å²) in [6.45, 7) is 1.97. The van der Waals surface area contributed by atoms with Crippen LogP contribution in [-0.2, 0) is 17.8 Å². The summed E-state index contributed by atoms with van der Waals surface area (Å²) in [6.07, 6.45) is 5.46. The van der Waals surface area contributed by atoms with E-state index in [9.17, 15) is 0 Å². The summed E-state index contributed by atoms with van der Waals surface area (Å²) in [7, 11) is 1.73. The Morgan fingerprint density at radius 1 is 1.33 bits per heavy atom. The second-order valence-electron chi connectivity index (χ2n) is 5.60. The van der Waals surface area contributed by atoms with Crippen LogP contribution in [0.3, 0.4) is 0 Å². The minimum atomic E-state index is 0.456. The number of hydrogen-bond acceptors (Lipinski definition) is 4. The zero-order valence-corrected chi connectivity index (χ0v) is 11.0. The Morgan fingerprint density at radius 3 is 2.83 bits per heavy atom. The summed E-state index contributed by atoms with van der Waals surface area (Å²) < 4.78 is 7.37. The molecule has 2 aliphatic rings. The highest BCUT2D eigenvalue weighted by Crippen LogP contribution is 2.52. The number of aromatic nitrogens is 3. The van der Waals surface area contributed by atoms with Gasteiger partial charge >= 0.3 is 0 Å². The lowest BCUT2D eigenvalue weighted by molar-refractivity contribution is 0.184.